The van der Waals surface area contributed by atoms with E-state index in [1.54, 1.807) is 23.5 Å². The van der Waals surface area contributed by atoms with Crippen LogP contribution in [-0.2, 0) is 16.6 Å². The lowest BCUT2D eigenvalue weighted by Crippen LogP contribution is -2.19. The molecule has 3 heterocycles. The number of methoxy groups -OCH3 is 1. The summed E-state index contributed by atoms with van der Waals surface area (Å²) >= 11 is 1.66. The van der Waals surface area contributed by atoms with E-state index in [2.05, 4.69) is 36.1 Å². The highest BCUT2D eigenvalue weighted by Gasteiger charge is 2.28. The normalized spacial score (nSPS) is 13.4. The van der Waals surface area contributed by atoms with Crippen LogP contribution in [0.25, 0.3) is 17.6 Å². The van der Waals surface area contributed by atoms with Crippen LogP contribution >= 0.6 is 11.3 Å². The molecule has 0 unspecified atom stereocenters. The number of rotatable bonds is 4. The molecule has 1 aromatic carbocycles. The Morgan fingerprint density at radius 2 is 1.96 bits per heavy atom. The zero-order valence-corrected chi connectivity index (χ0v) is 17.3. The van der Waals surface area contributed by atoms with E-state index in [0.717, 1.165) is 46.3 Å². The molecule has 0 amide bonds. The number of benzene rings is 1. The van der Waals surface area contributed by atoms with Crippen molar-refractivity contribution >= 4 is 23.5 Å². The number of imidazole rings is 1. The van der Waals surface area contributed by atoms with Crippen LogP contribution in [-0.4, -0.2) is 27.6 Å². The highest BCUT2D eigenvalue weighted by atomic mass is 32.1. The Morgan fingerprint density at radius 1 is 1.21 bits per heavy atom. The zero-order valence-electron chi connectivity index (χ0n) is 16.5. The van der Waals surface area contributed by atoms with Gasteiger partial charge in [0.25, 0.3) is 0 Å². The molecule has 0 atom stereocenters. The number of aromatic nitrogens is 3. The molecule has 6 heteroatoms. The largest absolute Gasteiger partial charge is 0.465 e. The molecular weight excluding hydrogens is 370 g/mol. The van der Waals surface area contributed by atoms with Crippen LogP contribution < -0.4 is 0 Å². The molecule has 0 saturated heterocycles. The number of aryl methyl sites for hydroxylation is 2. The maximum absolute atomic E-state index is 11.7. The van der Waals surface area contributed by atoms with Gasteiger partial charge >= 0.3 is 5.97 Å². The van der Waals surface area contributed by atoms with Crippen molar-refractivity contribution in [1.29, 1.82) is 0 Å². The minimum absolute atomic E-state index is 0.272. The van der Waals surface area contributed by atoms with Crippen molar-refractivity contribution in [3.63, 3.8) is 0 Å². The Balaban J connectivity index is 1.68. The smallest absolute Gasteiger partial charge is 0.337 e. The third-order valence-corrected chi connectivity index (χ3v) is 6.42. The summed E-state index contributed by atoms with van der Waals surface area (Å²) < 4.78 is 6.95. The van der Waals surface area contributed by atoms with Crippen LogP contribution in [0.3, 0.4) is 0 Å². The summed E-state index contributed by atoms with van der Waals surface area (Å²) in [5.41, 5.74) is 4.43. The monoisotopic (exact) mass is 393 g/mol. The summed E-state index contributed by atoms with van der Waals surface area (Å²) in [6.45, 7) is 6.35. The quantitative estimate of drug-likeness (QED) is 0.595. The summed E-state index contributed by atoms with van der Waals surface area (Å²) in [7, 11) is 1.39. The lowest BCUT2D eigenvalue weighted by Gasteiger charge is -2.22. The number of hydrogen-bond donors (Lipinski definition) is 0. The highest BCUT2D eigenvalue weighted by Crippen LogP contribution is 2.37. The van der Waals surface area contributed by atoms with Crippen LogP contribution in [0.4, 0.5) is 0 Å². The first-order chi connectivity index (χ1) is 13.4. The number of carbonyl (C=O) groups excluding carboxylic acids is 1. The second-order valence-electron chi connectivity index (χ2n) is 7.49. The SMILES string of the molecule is COC(=O)c1ccc(C(C)(C)c2nc(-c3c(C)nc4n3C=CCC4)cs2)cc1. The average Bonchev–Trinajstić information content (AvgIpc) is 3.31. The number of carbonyl (C=O) groups is 1. The fourth-order valence-corrected chi connectivity index (χ4v) is 4.53. The standard InChI is InChI=1S/C22H23N3O2S/c1-14-19(25-12-6-5-7-18(25)23-14)17-13-28-21(24-17)22(2,3)16-10-8-15(9-11-16)20(26)27-4/h6,8-13H,5,7H2,1-4H3. The van der Waals surface area contributed by atoms with E-state index in [4.69, 9.17) is 14.7 Å². The first kappa shape index (κ1) is 18.6. The van der Waals surface area contributed by atoms with E-state index in [9.17, 15) is 4.79 Å². The Hall–Kier alpha value is -2.73. The summed E-state index contributed by atoms with van der Waals surface area (Å²) in [4.78, 5) is 21.4. The Kier molecular flexibility index (Phi) is 4.67. The van der Waals surface area contributed by atoms with Crippen LogP contribution in [0, 0.1) is 6.92 Å². The topological polar surface area (TPSA) is 57.0 Å². The summed E-state index contributed by atoms with van der Waals surface area (Å²) in [6, 6.07) is 7.56. The number of esters is 1. The number of thiazole rings is 1. The molecule has 0 fully saturated rings. The molecule has 0 radical (unpaired) electrons. The number of ether oxygens (including phenoxy) is 1. The lowest BCUT2D eigenvalue weighted by atomic mass is 9.85. The van der Waals surface area contributed by atoms with Crippen molar-refractivity contribution < 1.29 is 9.53 Å². The lowest BCUT2D eigenvalue weighted by molar-refractivity contribution is 0.0600. The van der Waals surface area contributed by atoms with E-state index >= 15 is 0 Å². The van der Waals surface area contributed by atoms with Crippen molar-refractivity contribution in [1.82, 2.24) is 14.5 Å². The zero-order chi connectivity index (χ0) is 19.9. The van der Waals surface area contributed by atoms with Gasteiger partial charge in [0.15, 0.2) is 0 Å². The first-order valence-corrected chi connectivity index (χ1v) is 10.2. The van der Waals surface area contributed by atoms with Crippen molar-refractivity contribution in [2.24, 2.45) is 0 Å². The molecule has 144 valence electrons. The van der Waals surface area contributed by atoms with Gasteiger partial charge in [-0.15, -0.1) is 11.3 Å². The molecule has 28 heavy (non-hydrogen) atoms. The van der Waals surface area contributed by atoms with E-state index in [1.807, 2.05) is 19.1 Å². The third kappa shape index (κ3) is 3.07. The van der Waals surface area contributed by atoms with E-state index in [-0.39, 0.29) is 11.4 Å². The number of fused-ring (bicyclic) bond motifs is 1. The molecule has 0 aliphatic carbocycles. The number of allylic oxidation sites excluding steroid dienone is 1. The van der Waals surface area contributed by atoms with Gasteiger partial charge in [0.2, 0.25) is 0 Å². The summed E-state index contributed by atoms with van der Waals surface area (Å²) in [6.07, 6.45) is 6.28. The first-order valence-electron chi connectivity index (χ1n) is 9.31. The van der Waals surface area contributed by atoms with E-state index in [1.165, 1.54) is 7.11 Å². The van der Waals surface area contributed by atoms with Gasteiger partial charge in [-0.1, -0.05) is 18.2 Å². The van der Waals surface area contributed by atoms with Crippen molar-refractivity contribution in [3.8, 4) is 11.4 Å². The molecular formula is C22H23N3O2S. The molecule has 5 nitrogen and oxygen atoms in total. The predicted molar refractivity (Wildman–Crippen MR) is 112 cm³/mol. The fraction of sp³-hybridized carbons (Fsp3) is 0.318. The molecule has 4 rings (SSSR count). The minimum atomic E-state index is -0.324. The van der Waals surface area contributed by atoms with E-state index < -0.39 is 0 Å². The van der Waals surface area contributed by atoms with Gasteiger partial charge in [0.05, 0.1) is 24.1 Å². The second-order valence-corrected chi connectivity index (χ2v) is 8.35. The molecule has 0 N–H and O–H groups in total. The molecule has 1 aliphatic heterocycles. The number of hydrogen-bond acceptors (Lipinski definition) is 5. The van der Waals surface area contributed by atoms with E-state index in [0.29, 0.717) is 5.56 Å². The van der Waals surface area contributed by atoms with Crippen molar-refractivity contribution in [2.75, 3.05) is 7.11 Å². The molecule has 2 aromatic heterocycles. The fourth-order valence-electron chi connectivity index (χ4n) is 3.58. The van der Waals surface area contributed by atoms with Crippen molar-refractivity contribution in [2.45, 2.75) is 39.0 Å². The number of nitrogens with zero attached hydrogens (tertiary/aromatic N) is 3. The van der Waals surface area contributed by atoms with Crippen LogP contribution in [0.1, 0.15) is 52.7 Å². The van der Waals surface area contributed by atoms with Gasteiger partial charge in [0, 0.05) is 23.4 Å². The van der Waals surface area contributed by atoms with Gasteiger partial charge in [-0.3, -0.25) is 0 Å². The van der Waals surface area contributed by atoms with Gasteiger partial charge in [0.1, 0.15) is 16.5 Å². The third-order valence-electron chi connectivity index (χ3n) is 5.26. The summed E-state index contributed by atoms with van der Waals surface area (Å²) in [5, 5.41) is 3.14. The molecule has 1 aliphatic rings. The highest BCUT2D eigenvalue weighted by molar-refractivity contribution is 7.10. The predicted octanol–water partition coefficient (Wildman–Crippen LogP) is 4.84. The van der Waals surface area contributed by atoms with Gasteiger partial charge in [-0.2, -0.15) is 0 Å². The molecule has 3 aromatic rings. The van der Waals surface area contributed by atoms with Crippen LogP contribution in [0.2, 0.25) is 0 Å². The van der Waals surface area contributed by atoms with Gasteiger partial charge < -0.3 is 9.30 Å². The maximum atomic E-state index is 11.7. The maximum Gasteiger partial charge on any atom is 0.337 e. The summed E-state index contributed by atoms with van der Waals surface area (Å²) in [5.74, 6) is 0.775. The van der Waals surface area contributed by atoms with Crippen molar-refractivity contribution in [3.05, 3.63) is 63.4 Å². The molecule has 0 saturated carbocycles. The van der Waals surface area contributed by atoms with Crippen LogP contribution in [0.15, 0.2) is 35.7 Å². The molecule has 0 spiro atoms. The average molecular weight is 394 g/mol. The van der Waals surface area contributed by atoms with Gasteiger partial charge in [-0.05, 0) is 44.9 Å². The van der Waals surface area contributed by atoms with Crippen LogP contribution in [0.5, 0.6) is 0 Å². The van der Waals surface area contributed by atoms with Gasteiger partial charge in [-0.25, -0.2) is 14.8 Å². The minimum Gasteiger partial charge on any atom is -0.465 e. The Morgan fingerprint density at radius 3 is 2.68 bits per heavy atom. The second kappa shape index (κ2) is 7.02. The Bertz CT molecular complexity index is 1060. The Labute approximate surface area is 168 Å². The molecule has 0 bridgehead atoms.